The van der Waals surface area contributed by atoms with E-state index in [-0.39, 0.29) is 34.2 Å². The predicted molar refractivity (Wildman–Crippen MR) is 165 cm³/mol. The molecule has 1 fully saturated rings. The van der Waals surface area contributed by atoms with Crippen LogP contribution in [-0.4, -0.2) is 50.2 Å². The molecular weight excluding hydrogens is 532 g/mol. The first kappa shape index (κ1) is 31.0. The number of hydrogen-bond donors (Lipinski definition) is 3. The van der Waals surface area contributed by atoms with Crippen LogP contribution in [0.1, 0.15) is 91.4 Å². The number of pyridine rings is 1. The molecule has 0 saturated carbocycles. The number of nitrogens with one attached hydrogen (secondary N) is 3. The van der Waals surface area contributed by atoms with Gasteiger partial charge >= 0.3 is 6.03 Å². The van der Waals surface area contributed by atoms with Crippen LogP contribution in [0.25, 0.3) is 0 Å². The SMILES string of the molecule is CC(C)N1C(C)(C)CC(Oc2ccc(C(=O)Nc3ccc(NC(=O)Nc4cc(C(C)(C)C)on4)cc3)nc2)CC1(C)C. The molecule has 3 amide bonds. The number of carbonyl (C=O) groups is 2. The molecule has 4 rings (SSSR count). The van der Waals surface area contributed by atoms with E-state index in [0.717, 1.165) is 12.8 Å². The molecule has 2 aromatic heterocycles. The second-order valence-corrected chi connectivity index (χ2v) is 13.6. The minimum absolute atomic E-state index is 0.00407. The van der Waals surface area contributed by atoms with Crippen molar-refractivity contribution in [2.45, 2.75) is 104 Å². The van der Waals surface area contributed by atoms with E-state index in [1.54, 1.807) is 48.7 Å². The molecule has 10 heteroatoms. The number of rotatable bonds is 7. The average Bonchev–Trinajstić information content (AvgIpc) is 3.33. The molecule has 42 heavy (non-hydrogen) atoms. The Morgan fingerprint density at radius 3 is 2.05 bits per heavy atom. The quantitative estimate of drug-likeness (QED) is 0.275. The van der Waals surface area contributed by atoms with Gasteiger partial charge in [0.15, 0.2) is 5.82 Å². The number of urea groups is 1. The summed E-state index contributed by atoms with van der Waals surface area (Å²) >= 11 is 0. The topological polar surface area (TPSA) is 122 Å². The molecule has 10 nitrogen and oxygen atoms in total. The third-order valence-corrected chi connectivity index (χ3v) is 7.44. The highest BCUT2D eigenvalue weighted by molar-refractivity contribution is 6.03. The summed E-state index contributed by atoms with van der Waals surface area (Å²) in [5.74, 6) is 1.31. The molecule has 0 spiro atoms. The summed E-state index contributed by atoms with van der Waals surface area (Å²) in [7, 11) is 0. The van der Waals surface area contributed by atoms with Crippen molar-refractivity contribution in [2.75, 3.05) is 16.0 Å². The molecule has 1 aliphatic heterocycles. The Morgan fingerprint density at radius 2 is 1.55 bits per heavy atom. The fraction of sp³-hybridized carbons (Fsp3) is 0.500. The molecule has 3 heterocycles. The van der Waals surface area contributed by atoms with Crippen molar-refractivity contribution in [3.63, 3.8) is 0 Å². The molecule has 0 aliphatic carbocycles. The van der Waals surface area contributed by atoms with Gasteiger partial charge in [-0.05, 0) is 77.9 Å². The maximum Gasteiger partial charge on any atom is 0.324 e. The van der Waals surface area contributed by atoms with Crippen molar-refractivity contribution in [1.29, 1.82) is 0 Å². The van der Waals surface area contributed by atoms with Crippen molar-refractivity contribution < 1.29 is 18.8 Å². The summed E-state index contributed by atoms with van der Waals surface area (Å²) in [4.78, 5) is 32.1. The third kappa shape index (κ3) is 7.47. The number of likely N-dealkylation sites (tertiary alicyclic amines) is 1. The molecule has 226 valence electrons. The van der Waals surface area contributed by atoms with Gasteiger partial charge in [-0.3, -0.25) is 15.0 Å². The van der Waals surface area contributed by atoms with Gasteiger partial charge < -0.3 is 19.9 Å². The fourth-order valence-electron chi connectivity index (χ4n) is 6.26. The number of amides is 3. The highest BCUT2D eigenvalue weighted by Gasteiger charge is 2.47. The van der Waals surface area contributed by atoms with E-state index in [1.807, 2.05) is 20.8 Å². The number of hydrogen-bond acceptors (Lipinski definition) is 7. The lowest BCUT2D eigenvalue weighted by Crippen LogP contribution is -2.64. The number of carbonyl (C=O) groups excluding carboxylic acids is 2. The molecule has 0 radical (unpaired) electrons. The largest absolute Gasteiger partial charge is 0.489 e. The van der Waals surface area contributed by atoms with Crippen molar-refractivity contribution in [3.05, 3.63) is 60.1 Å². The fourth-order valence-corrected chi connectivity index (χ4v) is 6.26. The summed E-state index contributed by atoms with van der Waals surface area (Å²) < 4.78 is 11.6. The number of piperidine rings is 1. The predicted octanol–water partition coefficient (Wildman–Crippen LogP) is 7.07. The maximum atomic E-state index is 12.8. The first-order chi connectivity index (χ1) is 19.5. The van der Waals surface area contributed by atoms with Crippen LogP contribution in [0, 0.1) is 0 Å². The van der Waals surface area contributed by atoms with Crippen molar-refractivity contribution >= 4 is 29.1 Å². The Labute approximate surface area is 248 Å². The van der Waals surface area contributed by atoms with Gasteiger partial charge in [0.05, 0.1) is 6.20 Å². The molecule has 3 N–H and O–H groups in total. The minimum Gasteiger partial charge on any atom is -0.489 e. The zero-order valence-electron chi connectivity index (χ0n) is 26.2. The Morgan fingerprint density at radius 1 is 0.952 bits per heavy atom. The van der Waals surface area contributed by atoms with E-state index >= 15 is 0 Å². The first-order valence-electron chi connectivity index (χ1n) is 14.4. The highest BCUT2D eigenvalue weighted by Crippen LogP contribution is 2.41. The lowest BCUT2D eigenvalue weighted by Gasteiger charge is -2.57. The van der Waals surface area contributed by atoms with Crippen LogP contribution in [0.15, 0.2) is 53.2 Å². The second-order valence-electron chi connectivity index (χ2n) is 13.6. The normalized spacial score (nSPS) is 17.1. The van der Waals surface area contributed by atoms with Gasteiger partial charge in [0.25, 0.3) is 5.91 Å². The van der Waals surface area contributed by atoms with E-state index < -0.39 is 6.03 Å². The number of anilines is 3. The smallest absolute Gasteiger partial charge is 0.324 e. The molecule has 1 aliphatic rings. The molecular formula is C32H44N6O4. The summed E-state index contributed by atoms with van der Waals surface area (Å²) in [6, 6.07) is 11.9. The molecule has 0 bridgehead atoms. The van der Waals surface area contributed by atoms with Crippen LogP contribution in [0.2, 0.25) is 0 Å². The van der Waals surface area contributed by atoms with Crippen molar-refractivity contribution in [2.24, 2.45) is 0 Å². The van der Waals surface area contributed by atoms with Gasteiger partial charge in [0, 0.05) is 52.8 Å². The molecule has 3 aromatic rings. The zero-order chi connectivity index (χ0) is 30.9. The average molecular weight is 577 g/mol. The van der Waals surface area contributed by atoms with Crippen LogP contribution in [0.3, 0.4) is 0 Å². The Bertz CT molecular complexity index is 1370. The van der Waals surface area contributed by atoms with E-state index in [4.69, 9.17) is 9.26 Å². The number of benzene rings is 1. The molecule has 1 saturated heterocycles. The lowest BCUT2D eigenvalue weighted by atomic mass is 9.77. The van der Waals surface area contributed by atoms with Gasteiger partial charge in [-0.15, -0.1) is 0 Å². The van der Waals surface area contributed by atoms with Crippen molar-refractivity contribution in [3.8, 4) is 5.75 Å². The Hall–Kier alpha value is -3.92. The summed E-state index contributed by atoms with van der Waals surface area (Å²) in [5, 5.41) is 12.1. The second kappa shape index (κ2) is 11.8. The maximum absolute atomic E-state index is 12.8. The summed E-state index contributed by atoms with van der Waals surface area (Å²) in [6.45, 7) is 19.6. The standard InChI is InChI=1S/C32H44N6O4/c1-20(2)38-31(6,7)17-24(18-32(38,8)9)41-23-14-15-25(33-19-23)28(39)34-21-10-12-22(13-11-21)35-29(40)36-27-16-26(42-37-27)30(3,4)5/h10-16,19-20,24H,17-18H2,1-9H3,(H,34,39)(H2,35,36,37,40). The molecule has 1 aromatic carbocycles. The van der Waals surface area contributed by atoms with Gasteiger partial charge in [-0.25, -0.2) is 9.78 Å². The van der Waals surface area contributed by atoms with E-state index in [2.05, 4.69) is 72.5 Å². The Kier molecular flexibility index (Phi) is 8.68. The van der Waals surface area contributed by atoms with Crippen molar-refractivity contribution in [1.82, 2.24) is 15.0 Å². The van der Waals surface area contributed by atoms with Gasteiger partial charge in [-0.2, -0.15) is 0 Å². The number of ether oxygens (including phenoxy) is 1. The minimum atomic E-state index is -0.454. The zero-order valence-corrected chi connectivity index (χ0v) is 26.2. The van der Waals surface area contributed by atoms with Crippen LogP contribution < -0.4 is 20.7 Å². The summed E-state index contributed by atoms with van der Waals surface area (Å²) in [5.41, 5.74) is 1.18. The molecule has 0 atom stereocenters. The monoisotopic (exact) mass is 576 g/mol. The highest BCUT2D eigenvalue weighted by atomic mass is 16.5. The Balaban J connectivity index is 1.29. The van der Waals surface area contributed by atoms with Crippen LogP contribution >= 0.6 is 0 Å². The lowest BCUT2D eigenvalue weighted by molar-refractivity contribution is -0.0910. The van der Waals surface area contributed by atoms with E-state index in [1.165, 1.54) is 0 Å². The summed E-state index contributed by atoms with van der Waals surface area (Å²) in [6.07, 6.45) is 3.47. The van der Waals surface area contributed by atoms with Crippen LogP contribution in [-0.2, 0) is 5.41 Å². The van der Waals surface area contributed by atoms with Crippen LogP contribution in [0.5, 0.6) is 5.75 Å². The van der Waals surface area contributed by atoms with Gasteiger partial charge in [0.2, 0.25) is 0 Å². The van der Waals surface area contributed by atoms with Gasteiger partial charge in [0.1, 0.15) is 23.3 Å². The number of aromatic nitrogens is 2. The first-order valence-corrected chi connectivity index (χ1v) is 14.4. The van der Waals surface area contributed by atoms with Crippen LogP contribution in [0.4, 0.5) is 22.0 Å². The molecule has 0 unspecified atom stereocenters. The van der Waals surface area contributed by atoms with Gasteiger partial charge in [-0.1, -0.05) is 25.9 Å². The van der Waals surface area contributed by atoms with E-state index in [0.29, 0.717) is 34.7 Å². The number of nitrogens with zero attached hydrogens (tertiary/aromatic N) is 3. The van der Waals surface area contributed by atoms with E-state index in [9.17, 15) is 9.59 Å². The third-order valence-electron chi connectivity index (χ3n) is 7.44.